The number of thiophene rings is 1. The highest BCUT2D eigenvalue weighted by molar-refractivity contribution is 7.89. The molecule has 0 radical (unpaired) electrons. The summed E-state index contributed by atoms with van der Waals surface area (Å²) in [4.78, 5) is 22.2. The van der Waals surface area contributed by atoms with E-state index in [9.17, 15) is 18.0 Å². The number of ether oxygens (including phenoxy) is 2. The molecule has 0 aliphatic rings. The first-order valence-corrected chi connectivity index (χ1v) is 7.59. The molecule has 19 heavy (non-hydrogen) atoms. The van der Waals surface area contributed by atoms with E-state index in [1.165, 1.54) is 11.4 Å². The summed E-state index contributed by atoms with van der Waals surface area (Å²) in [5, 5.41) is 1.45. The second kappa shape index (κ2) is 6.64. The van der Waals surface area contributed by atoms with Gasteiger partial charge in [0.25, 0.3) is 0 Å². The average molecular weight is 307 g/mol. The third-order valence-electron chi connectivity index (χ3n) is 2.00. The Morgan fingerprint density at radius 2 is 2.11 bits per heavy atom. The first kappa shape index (κ1) is 15.6. The summed E-state index contributed by atoms with van der Waals surface area (Å²) >= 11 is 0.944. The van der Waals surface area contributed by atoms with Crippen molar-refractivity contribution >= 4 is 33.3 Å². The lowest BCUT2D eigenvalue weighted by Gasteiger charge is -2.06. The number of nitrogens with one attached hydrogen (secondary N) is 1. The molecule has 1 aromatic rings. The van der Waals surface area contributed by atoms with E-state index in [2.05, 4.69) is 14.2 Å². The van der Waals surface area contributed by atoms with Crippen LogP contribution < -0.4 is 4.72 Å². The first-order valence-electron chi connectivity index (χ1n) is 5.23. The van der Waals surface area contributed by atoms with Crippen molar-refractivity contribution in [1.82, 2.24) is 4.72 Å². The summed E-state index contributed by atoms with van der Waals surface area (Å²) < 4.78 is 35.0. The molecule has 0 aliphatic heterocycles. The summed E-state index contributed by atoms with van der Waals surface area (Å²) in [6, 6.07) is 1.27. The molecule has 0 unspecified atom stereocenters. The third kappa shape index (κ3) is 4.01. The Kier molecular flexibility index (Phi) is 5.45. The Hall–Kier alpha value is -1.45. The minimum Gasteiger partial charge on any atom is -0.465 e. The van der Waals surface area contributed by atoms with Crippen LogP contribution in [0.3, 0.4) is 0 Å². The Morgan fingerprint density at radius 1 is 1.42 bits per heavy atom. The first-order chi connectivity index (χ1) is 8.92. The fraction of sp³-hybridized carbons (Fsp3) is 0.400. The predicted molar refractivity (Wildman–Crippen MR) is 67.5 cm³/mol. The van der Waals surface area contributed by atoms with E-state index in [0.29, 0.717) is 0 Å². The standard InChI is InChI=1S/C10H13NO6S2/c1-3-17-8(12)6-11-19(14,15)7-4-5-18-9(7)10(13)16-2/h4-5,11H,3,6H2,1-2H3. The lowest BCUT2D eigenvalue weighted by molar-refractivity contribution is -0.141. The monoisotopic (exact) mass is 307 g/mol. The van der Waals surface area contributed by atoms with Crippen molar-refractivity contribution in [3.8, 4) is 0 Å². The fourth-order valence-electron chi connectivity index (χ4n) is 1.19. The van der Waals surface area contributed by atoms with Gasteiger partial charge in [0.1, 0.15) is 16.3 Å². The van der Waals surface area contributed by atoms with Crippen molar-refractivity contribution in [1.29, 1.82) is 0 Å². The van der Waals surface area contributed by atoms with E-state index in [0.717, 1.165) is 18.4 Å². The van der Waals surface area contributed by atoms with Gasteiger partial charge in [0.05, 0.1) is 13.7 Å². The molecule has 0 fully saturated rings. The van der Waals surface area contributed by atoms with E-state index in [4.69, 9.17) is 0 Å². The Morgan fingerprint density at radius 3 is 2.68 bits per heavy atom. The maximum Gasteiger partial charge on any atom is 0.349 e. The molecule has 0 saturated heterocycles. The number of methoxy groups -OCH3 is 1. The molecule has 1 aromatic heterocycles. The van der Waals surface area contributed by atoms with Gasteiger partial charge in [0.2, 0.25) is 10.0 Å². The molecule has 1 heterocycles. The van der Waals surface area contributed by atoms with Crippen molar-refractivity contribution in [2.45, 2.75) is 11.8 Å². The largest absolute Gasteiger partial charge is 0.465 e. The van der Waals surface area contributed by atoms with E-state index in [1.807, 2.05) is 0 Å². The minimum absolute atomic E-state index is 0.0427. The van der Waals surface area contributed by atoms with Gasteiger partial charge in [-0.25, -0.2) is 13.2 Å². The zero-order chi connectivity index (χ0) is 14.5. The molecule has 0 aliphatic carbocycles. The topological polar surface area (TPSA) is 98.8 Å². The molecule has 0 amide bonds. The van der Waals surface area contributed by atoms with Gasteiger partial charge in [-0.3, -0.25) is 4.79 Å². The van der Waals surface area contributed by atoms with Gasteiger partial charge < -0.3 is 9.47 Å². The average Bonchev–Trinajstić information content (AvgIpc) is 2.86. The van der Waals surface area contributed by atoms with Crippen molar-refractivity contribution in [2.75, 3.05) is 20.3 Å². The van der Waals surface area contributed by atoms with Crippen molar-refractivity contribution < 1.29 is 27.5 Å². The molecule has 0 spiro atoms. The second-order valence-corrected chi connectivity index (χ2v) is 5.89. The normalized spacial score (nSPS) is 11.1. The summed E-state index contributed by atoms with van der Waals surface area (Å²) in [5.74, 6) is -1.44. The molecule has 0 saturated carbocycles. The Bertz CT molecular complexity index is 562. The Balaban J connectivity index is 2.86. The van der Waals surface area contributed by atoms with Crippen molar-refractivity contribution in [3.05, 3.63) is 16.3 Å². The van der Waals surface area contributed by atoms with Crippen LogP contribution in [0.1, 0.15) is 16.6 Å². The lowest BCUT2D eigenvalue weighted by atomic mass is 10.5. The maximum absolute atomic E-state index is 11.9. The van der Waals surface area contributed by atoms with Crippen LogP contribution in [0.15, 0.2) is 16.3 Å². The summed E-state index contributed by atoms with van der Waals surface area (Å²) in [6.45, 7) is 1.28. The van der Waals surface area contributed by atoms with Crippen LogP contribution >= 0.6 is 11.3 Å². The van der Waals surface area contributed by atoms with E-state index in [-0.39, 0.29) is 16.4 Å². The van der Waals surface area contributed by atoms with Crippen LogP contribution in [-0.4, -0.2) is 40.6 Å². The number of esters is 2. The number of sulfonamides is 1. The molecule has 1 rings (SSSR count). The zero-order valence-corrected chi connectivity index (χ0v) is 12.0. The number of hydrogen-bond acceptors (Lipinski definition) is 7. The number of carbonyl (C=O) groups excluding carboxylic acids is 2. The molecule has 1 N–H and O–H groups in total. The van der Waals surface area contributed by atoms with Gasteiger partial charge in [-0.15, -0.1) is 11.3 Å². The summed E-state index contributed by atoms with van der Waals surface area (Å²) in [6.07, 6.45) is 0. The van der Waals surface area contributed by atoms with E-state index < -0.39 is 28.5 Å². The third-order valence-corrected chi connectivity index (χ3v) is 4.47. The molecule has 7 nitrogen and oxygen atoms in total. The van der Waals surface area contributed by atoms with Crippen LogP contribution in [0.25, 0.3) is 0 Å². The molecule has 0 atom stereocenters. The highest BCUT2D eigenvalue weighted by atomic mass is 32.2. The summed E-state index contributed by atoms with van der Waals surface area (Å²) in [5.41, 5.74) is 0. The van der Waals surface area contributed by atoms with Gasteiger partial charge in [-0.2, -0.15) is 4.72 Å². The highest BCUT2D eigenvalue weighted by Crippen LogP contribution is 2.22. The van der Waals surface area contributed by atoms with Crippen LogP contribution in [-0.2, 0) is 24.3 Å². The maximum atomic E-state index is 11.9. The van der Waals surface area contributed by atoms with Crippen molar-refractivity contribution in [3.63, 3.8) is 0 Å². The molecule has 106 valence electrons. The zero-order valence-electron chi connectivity index (χ0n) is 10.3. The van der Waals surface area contributed by atoms with Crippen LogP contribution in [0.4, 0.5) is 0 Å². The lowest BCUT2D eigenvalue weighted by Crippen LogP contribution is -2.31. The van der Waals surface area contributed by atoms with Crippen molar-refractivity contribution in [2.24, 2.45) is 0 Å². The molecular weight excluding hydrogens is 294 g/mol. The molecule has 0 aromatic carbocycles. The van der Waals surface area contributed by atoms with Crippen LogP contribution in [0.2, 0.25) is 0 Å². The van der Waals surface area contributed by atoms with Gasteiger partial charge in [-0.1, -0.05) is 0 Å². The van der Waals surface area contributed by atoms with E-state index in [1.54, 1.807) is 6.92 Å². The quantitative estimate of drug-likeness (QED) is 0.763. The number of rotatable bonds is 6. The summed E-state index contributed by atoms with van der Waals surface area (Å²) in [7, 11) is -2.80. The molecular formula is C10H13NO6S2. The second-order valence-electron chi connectivity index (χ2n) is 3.24. The van der Waals surface area contributed by atoms with Gasteiger partial charge in [-0.05, 0) is 18.4 Å². The number of hydrogen-bond donors (Lipinski definition) is 1. The predicted octanol–water partition coefficient (Wildman–Crippen LogP) is 0.376. The van der Waals surface area contributed by atoms with E-state index >= 15 is 0 Å². The minimum atomic E-state index is -3.96. The SMILES string of the molecule is CCOC(=O)CNS(=O)(=O)c1ccsc1C(=O)OC. The smallest absolute Gasteiger partial charge is 0.349 e. The highest BCUT2D eigenvalue weighted by Gasteiger charge is 2.25. The van der Waals surface area contributed by atoms with Gasteiger partial charge in [0, 0.05) is 0 Å². The van der Waals surface area contributed by atoms with Crippen LogP contribution in [0, 0.1) is 0 Å². The van der Waals surface area contributed by atoms with Gasteiger partial charge >= 0.3 is 11.9 Å². The Labute approximate surface area is 114 Å². The molecule has 0 bridgehead atoms. The fourth-order valence-corrected chi connectivity index (χ4v) is 3.50. The van der Waals surface area contributed by atoms with Gasteiger partial charge in [0.15, 0.2) is 0 Å². The number of carbonyl (C=O) groups is 2. The van der Waals surface area contributed by atoms with Crippen LogP contribution in [0.5, 0.6) is 0 Å². The molecule has 9 heteroatoms.